The van der Waals surface area contributed by atoms with Crippen LogP contribution in [-0.4, -0.2) is 58.6 Å². The third-order valence-electron chi connectivity index (χ3n) is 5.58. The standard InChI is InChI=1S/C24H28N4O3/c1-3-30-21-11-7-6-10-20(21)24-25-22(31-26-24)17-27-12-14-28(15-13-27)23(29)16-19-9-5-4-8-18(19)2/h4-11H,3,12-17H2,1-2H3. The summed E-state index contributed by atoms with van der Waals surface area (Å²) in [5.41, 5.74) is 3.08. The maximum atomic E-state index is 12.7. The van der Waals surface area contributed by atoms with Crippen molar-refractivity contribution < 1.29 is 14.1 Å². The van der Waals surface area contributed by atoms with E-state index in [9.17, 15) is 4.79 Å². The fraction of sp³-hybridized carbons (Fsp3) is 0.375. The van der Waals surface area contributed by atoms with Crippen molar-refractivity contribution in [3.05, 3.63) is 65.5 Å². The molecule has 31 heavy (non-hydrogen) atoms. The maximum Gasteiger partial charge on any atom is 0.241 e. The minimum atomic E-state index is 0.182. The zero-order chi connectivity index (χ0) is 21.6. The average molecular weight is 421 g/mol. The number of rotatable bonds is 7. The van der Waals surface area contributed by atoms with Crippen molar-refractivity contribution in [3.8, 4) is 17.1 Å². The first-order valence-corrected chi connectivity index (χ1v) is 10.7. The average Bonchev–Trinajstić information content (AvgIpc) is 3.25. The molecular weight excluding hydrogens is 392 g/mol. The number of carbonyl (C=O) groups is 1. The molecule has 0 saturated carbocycles. The molecule has 1 saturated heterocycles. The van der Waals surface area contributed by atoms with E-state index in [1.807, 2.05) is 67.3 Å². The highest BCUT2D eigenvalue weighted by Gasteiger charge is 2.23. The summed E-state index contributed by atoms with van der Waals surface area (Å²) in [6.07, 6.45) is 0.457. The molecule has 0 radical (unpaired) electrons. The van der Waals surface area contributed by atoms with Crippen LogP contribution < -0.4 is 4.74 Å². The molecule has 1 amide bonds. The Morgan fingerprint density at radius 1 is 1.06 bits per heavy atom. The Hall–Kier alpha value is -3.19. The Morgan fingerprint density at radius 2 is 1.81 bits per heavy atom. The van der Waals surface area contributed by atoms with E-state index < -0.39 is 0 Å². The number of amides is 1. The van der Waals surface area contributed by atoms with Crippen LogP contribution in [0.15, 0.2) is 53.1 Å². The fourth-order valence-corrected chi connectivity index (χ4v) is 3.79. The van der Waals surface area contributed by atoms with Gasteiger partial charge in [0.05, 0.1) is 25.1 Å². The molecule has 2 aromatic carbocycles. The van der Waals surface area contributed by atoms with Gasteiger partial charge in [0, 0.05) is 26.2 Å². The summed E-state index contributed by atoms with van der Waals surface area (Å²) in [5, 5.41) is 4.14. The third kappa shape index (κ3) is 5.11. The maximum absolute atomic E-state index is 12.7. The molecule has 7 nitrogen and oxygen atoms in total. The molecule has 1 aliphatic heterocycles. The Kier molecular flexibility index (Phi) is 6.62. The van der Waals surface area contributed by atoms with Crippen LogP contribution in [0.3, 0.4) is 0 Å². The van der Waals surface area contributed by atoms with Gasteiger partial charge in [-0.25, -0.2) is 0 Å². The van der Waals surface area contributed by atoms with E-state index in [0.717, 1.165) is 35.5 Å². The Morgan fingerprint density at radius 3 is 2.58 bits per heavy atom. The molecule has 1 fully saturated rings. The molecule has 0 aliphatic carbocycles. The number of benzene rings is 2. The van der Waals surface area contributed by atoms with Gasteiger partial charge in [-0.3, -0.25) is 9.69 Å². The monoisotopic (exact) mass is 420 g/mol. The molecule has 3 aromatic rings. The van der Waals surface area contributed by atoms with Gasteiger partial charge >= 0.3 is 0 Å². The van der Waals surface area contributed by atoms with Crippen molar-refractivity contribution in [2.24, 2.45) is 0 Å². The molecular formula is C24H28N4O3. The number of hydrogen-bond acceptors (Lipinski definition) is 6. The number of aromatic nitrogens is 2. The Bertz CT molecular complexity index is 1020. The van der Waals surface area contributed by atoms with E-state index in [1.165, 1.54) is 0 Å². The van der Waals surface area contributed by atoms with Crippen LogP contribution in [0.25, 0.3) is 11.4 Å². The second-order valence-corrected chi connectivity index (χ2v) is 7.70. The first-order chi connectivity index (χ1) is 15.1. The lowest BCUT2D eigenvalue weighted by Crippen LogP contribution is -2.48. The van der Waals surface area contributed by atoms with Crippen LogP contribution in [0.2, 0.25) is 0 Å². The summed E-state index contributed by atoms with van der Waals surface area (Å²) in [4.78, 5) is 21.4. The molecule has 1 aromatic heterocycles. The zero-order valence-corrected chi connectivity index (χ0v) is 18.1. The number of carbonyl (C=O) groups excluding carboxylic acids is 1. The number of ether oxygens (including phenoxy) is 1. The van der Waals surface area contributed by atoms with Gasteiger partial charge in [-0.15, -0.1) is 0 Å². The lowest BCUT2D eigenvalue weighted by atomic mass is 10.1. The van der Waals surface area contributed by atoms with Crippen LogP contribution in [0, 0.1) is 6.92 Å². The molecule has 1 aliphatic rings. The lowest BCUT2D eigenvalue weighted by molar-refractivity contribution is -0.132. The molecule has 0 unspecified atom stereocenters. The highest BCUT2D eigenvalue weighted by molar-refractivity contribution is 5.79. The van der Waals surface area contributed by atoms with Gasteiger partial charge in [-0.05, 0) is 37.1 Å². The minimum Gasteiger partial charge on any atom is -0.493 e. The topological polar surface area (TPSA) is 71.7 Å². The van der Waals surface area contributed by atoms with Crippen molar-refractivity contribution in [1.82, 2.24) is 19.9 Å². The van der Waals surface area contributed by atoms with E-state index in [0.29, 0.717) is 44.4 Å². The van der Waals surface area contributed by atoms with Gasteiger partial charge in [0.2, 0.25) is 17.6 Å². The van der Waals surface area contributed by atoms with Gasteiger partial charge in [-0.1, -0.05) is 41.6 Å². The number of aryl methyl sites for hydroxylation is 1. The highest BCUT2D eigenvalue weighted by Crippen LogP contribution is 2.27. The van der Waals surface area contributed by atoms with E-state index in [4.69, 9.17) is 9.26 Å². The lowest BCUT2D eigenvalue weighted by Gasteiger charge is -2.34. The molecule has 0 spiro atoms. The van der Waals surface area contributed by atoms with Crippen molar-refractivity contribution in [2.75, 3.05) is 32.8 Å². The van der Waals surface area contributed by atoms with Crippen molar-refractivity contribution >= 4 is 5.91 Å². The smallest absolute Gasteiger partial charge is 0.241 e. The van der Waals surface area contributed by atoms with E-state index >= 15 is 0 Å². The summed E-state index contributed by atoms with van der Waals surface area (Å²) in [7, 11) is 0. The summed E-state index contributed by atoms with van der Waals surface area (Å²) >= 11 is 0. The largest absolute Gasteiger partial charge is 0.493 e. The second-order valence-electron chi connectivity index (χ2n) is 7.70. The van der Waals surface area contributed by atoms with Gasteiger partial charge in [0.1, 0.15) is 5.75 Å². The predicted octanol–water partition coefficient (Wildman–Crippen LogP) is 3.33. The van der Waals surface area contributed by atoms with E-state index in [-0.39, 0.29) is 5.91 Å². The van der Waals surface area contributed by atoms with Crippen LogP contribution in [0.4, 0.5) is 0 Å². The molecule has 162 valence electrons. The molecule has 0 atom stereocenters. The van der Waals surface area contributed by atoms with Gasteiger partial charge in [-0.2, -0.15) is 4.98 Å². The quantitative estimate of drug-likeness (QED) is 0.584. The predicted molar refractivity (Wildman–Crippen MR) is 118 cm³/mol. The van der Waals surface area contributed by atoms with Crippen LogP contribution in [-0.2, 0) is 17.8 Å². The fourth-order valence-electron chi connectivity index (χ4n) is 3.79. The van der Waals surface area contributed by atoms with E-state index in [1.54, 1.807) is 0 Å². The van der Waals surface area contributed by atoms with Crippen molar-refractivity contribution in [3.63, 3.8) is 0 Å². The molecule has 0 bridgehead atoms. The minimum absolute atomic E-state index is 0.182. The SMILES string of the molecule is CCOc1ccccc1-c1noc(CN2CCN(C(=O)Cc3ccccc3C)CC2)n1. The number of piperazine rings is 1. The summed E-state index contributed by atoms with van der Waals surface area (Å²) in [6, 6.07) is 15.8. The first kappa shape index (κ1) is 21.1. The Labute approximate surface area is 182 Å². The molecule has 4 rings (SSSR count). The van der Waals surface area contributed by atoms with Gasteiger partial charge < -0.3 is 14.2 Å². The second kappa shape index (κ2) is 9.75. The van der Waals surface area contributed by atoms with Crippen molar-refractivity contribution in [2.45, 2.75) is 26.8 Å². The number of nitrogens with zero attached hydrogens (tertiary/aromatic N) is 4. The van der Waals surface area contributed by atoms with Crippen molar-refractivity contribution in [1.29, 1.82) is 0 Å². The normalized spacial score (nSPS) is 14.6. The van der Waals surface area contributed by atoms with Crippen LogP contribution >= 0.6 is 0 Å². The van der Waals surface area contributed by atoms with Crippen LogP contribution in [0.1, 0.15) is 23.9 Å². The summed E-state index contributed by atoms with van der Waals surface area (Å²) < 4.78 is 11.1. The highest BCUT2D eigenvalue weighted by atomic mass is 16.5. The van der Waals surface area contributed by atoms with E-state index in [2.05, 4.69) is 15.0 Å². The number of para-hydroxylation sites is 1. The first-order valence-electron chi connectivity index (χ1n) is 10.7. The summed E-state index contributed by atoms with van der Waals surface area (Å²) in [5.74, 6) is 2.03. The number of hydrogen-bond donors (Lipinski definition) is 0. The molecule has 7 heteroatoms. The zero-order valence-electron chi connectivity index (χ0n) is 18.1. The van der Waals surface area contributed by atoms with Gasteiger partial charge in [0.25, 0.3) is 0 Å². The Balaban J connectivity index is 1.32. The van der Waals surface area contributed by atoms with Gasteiger partial charge in [0.15, 0.2) is 0 Å². The van der Waals surface area contributed by atoms with Crippen LogP contribution in [0.5, 0.6) is 5.75 Å². The molecule has 2 heterocycles. The third-order valence-corrected chi connectivity index (χ3v) is 5.58. The molecule has 0 N–H and O–H groups in total. The summed E-state index contributed by atoms with van der Waals surface area (Å²) in [6.45, 7) is 8.13.